The van der Waals surface area contributed by atoms with Crippen LogP contribution in [-0.2, 0) is 6.42 Å². The fraction of sp³-hybridized carbons (Fsp3) is 0.389. The number of nitrogens with zero attached hydrogens (tertiary/aromatic N) is 1. The molecule has 0 atom stereocenters. The van der Waals surface area contributed by atoms with Crippen LogP contribution in [0.1, 0.15) is 48.2 Å². The summed E-state index contributed by atoms with van der Waals surface area (Å²) in [5.41, 5.74) is 2.49. The van der Waals surface area contributed by atoms with Gasteiger partial charge in [0.15, 0.2) is 0 Å². The molecule has 5 heteroatoms. The molecule has 5 nitrogen and oxygen atoms in total. The molecule has 0 aliphatic carbocycles. The van der Waals surface area contributed by atoms with Gasteiger partial charge in [0.05, 0.1) is 11.3 Å². The van der Waals surface area contributed by atoms with Crippen LogP contribution in [0.4, 0.5) is 0 Å². The standard InChI is InChI=1S/C18H24N2O3/c1-11-12(2)17(22)15(7-9-18(3,4)23)14(16(11)21)6-5-13-8-10-19-20-13/h5-6,8,10,21-23H,7,9H2,1-4H3,(H,19,20). The van der Waals surface area contributed by atoms with E-state index in [2.05, 4.69) is 10.2 Å². The lowest BCUT2D eigenvalue weighted by atomic mass is 9.90. The zero-order chi connectivity index (χ0) is 17.2. The van der Waals surface area contributed by atoms with Gasteiger partial charge in [0, 0.05) is 17.3 Å². The summed E-state index contributed by atoms with van der Waals surface area (Å²) >= 11 is 0. The molecule has 0 saturated carbocycles. The van der Waals surface area contributed by atoms with E-state index >= 15 is 0 Å². The van der Waals surface area contributed by atoms with Crippen molar-refractivity contribution in [3.05, 3.63) is 40.2 Å². The number of hydrogen-bond acceptors (Lipinski definition) is 4. The highest BCUT2D eigenvalue weighted by atomic mass is 16.3. The maximum Gasteiger partial charge on any atom is 0.126 e. The van der Waals surface area contributed by atoms with Gasteiger partial charge in [-0.25, -0.2) is 0 Å². The number of rotatable bonds is 5. The molecule has 0 aliphatic heterocycles. The summed E-state index contributed by atoms with van der Waals surface area (Å²) in [6.07, 6.45) is 6.14. The number of aromatic nitrogens is 2. The summed E-state index contributed by atoms with van der Waals surface area (Å²) in [6, 6.07) is 1.81. The Morgan fingerprint density at radius 3 is 2.35 bits per heavy atom. The number of aromatic hydroxyl groups is 2. The number of nitrogens with one attached hydrogen (secondary N) is 1. The van der Waals surface area contributed by atoms with Gasteiger partial charge in [0.2, 0.25) is 0 Å². The van der Waals surface area contributed by atoms with E-state index in [1.54, 1.807) is 46.0 Å². The summed E-state index contributed by atoms with van der Waals surface area (Å²) in [6.45, 7) is 7.01. The minimum absolute atomic E-state index is 0.154. The van der Waals surface area contributed by atoms with E-state index in [1.807, 2.05) is 6.07 Å². The number of aliphatic hydroxyl groups is 1. The topological polar surface area (TPSA) is 89.4 Å². The second-order valence-electron chi connectivity index (χ2n) is 6.50. The maximum absolute atomic E-state index is 10.5. The van der Waals surface area contributed by atoms with Gasteiger partial charge >= 0.3 is 0 Å². The highest BCUT2D eigenvalue weighted by molar-refractivity contribution is 5.76. The normalized spacial score (nSPS) is 12.2. The molecule has 0 bridgehead atoms. The molecule has 0 radical (unpaired) electrons. The van der Waals surface area contributed by atoms with Crippen LogP contribution in [0.5, 0.6) is 11.5 Å². The van der Waals surface area contributed by atoms with Crippen molar-refractivity contribution in [1.82, 2.24) is 10.2 Å². The Morgan fingerprint density at radius 1 is 1.13 bits per heavy atom. The van der Waals surface area contributed by atoms with E-state index in [1.165, 1.54) is 0 Å². The summed E-state index contributed by atoms with van der Waals surface area (Å²) in [5.74, 6) is 0.329. The lowest BCUT2D eigenvalue weighted by Crippen LogP contribution is -2.19. The van der Waals surface area contributed by atoms with Crippen molar-refractivity contribution in [2.75, 3.05) is 0 Å². The molecule has 23 heavy (non-hydrogen) atoms. The van der Waals surface area contributed by atoms with Crippen molar-refractivity contribution in [2.45, 2.75) is 46.1 Å². The summed E-state index contributed by atoms with van der Waals surface area (Å²) in [5, 5.41) is 37.6. The van der Waals surface area contributed by atoms with Gasteiger partial charge in [-0.2, -0.15) is 5.10 Å². The Labute approximate surface area is 136 Å². The van der Waals surface area contributed by atoms with E-state index in [-0.39, 0.29) is 11.5 Å². The predicted molar refractivity (Wildman–Crippen MR) is 91.4 cm³/mol. The molecule has 0 fully saturated rings. The minimum Gasteiger partial charge on any atom is -0.507 e. The quantitative estimate of drug-likeness (QED) is 0.637. The lowest BCUT2D eigenvalue weighted by molar-refractivity contribution is 0.0712. The molecule has 2 aromatic rings. The zero-order valence-corrected chi connectivity index (χ0v) is 14.0. The monoisotopic (exact) mass is 316 g/mol. The number of H-pyrrole nitrogens is 1. The van der Waals surface area contributed by atoms with Crippen LogP contribution >= 0.6 is 0 Å². The molecule has 0 aliphatic rings. The van der Waals surface area contributed by atoms with Crippen LogP contribution in [0.25, 0.3) is 12.2 Å². The van der Waals surface area contributed by atoms with Crippen molar-refractivity contribution in [2.24, 2.45) is 0 Å². The van der Waals surface area contributed by atoms with Crippen LogP contribution < -0.4 is 0 Å². The maximum atomic E-state index is 10.5. The van der Waals surface area contributed by atoms with Crippen LogP contribution in [0.3, 0.4) is 0 Å². The van der Waals surface area contributed by atoms with Gasteiger partial charge in [-0.15, -0.1) is 0 Å². The molecular formula is C18H24N2O3. The van der Waals surface area contributed by atoms with Crippen molar-refractivity contribution >= 4 is 12.2 Å². The van der Waals surface area contributed by atoms with E-state index in [4.69, 9.17) is 0 Å². The van der Waals surface area contributed by atoms with E-state index in [0.717, 1.165) is 5.69 Å². The average Bonchev–Trinajstić information content (AvgIpc) is 2.98. The van der Waals surface area contributed by atoms with Crippen LogP contribution in [-0.4, -0.2) is 31.1 Å². The molecule has 1 heterocycles. The van der Waals surface area contributed by atoms with Crippen molar-refractivity contribution in [1.29, 1.82) is 0 Å². The van der Waals surface area contributed by atoms with Crippen molar-refractivity contribution in [3.8, 4) is 11.5 Å². The molecule has 124 valence electrons. The third-order valence-corrected chi connectivity index (χ3v) is 4.08. The van der Waals surface area contributed by atoms with Crippen molar-refractivity contribution < 1.29 is 15.3 Å². The predicted octanol–water partition coefficient (Wildman–Crippen LogP) is 3.31. The van der Waals surface area contributed by atoms with Gasteiger partial charge in [0.25, 0.3) is 0 Å². The summed E-state index contributed by atoms with van der Waals surface area (Å²) in [7, 11) is 0. The Kier molecular flexibility index (Phi) is 4.80. The average molecular weight is 316 g/mol. The Bertz CT molecular complexity index is 711. The number of benzene rings is 1. The van der Waals surface area contributed by atoms with Crippen LogP contribution in [0, 0.1) is 13.8 Å². The smallest absolute Gasteiger partial charge is 0.126 e. The number of phenolic OH excluding ortho intramolecular Hbond substituents is 2. The molecular weight excluding hydrogens is 292 g/mol. The Balaban J connectivity index is 2.49. The number of aromatic amines is 1. The second-order valence-corrected chi connectivity index (χ2v) is 6.50. The first kappa shape index (κ1) is 17.1. The molecule has 0 unspecified atom stereocenters. The lowest BCUT2D eigenvalue weighted by Gasteiger charge is -2.20. The molecule has 2 rings (SSSR count). The fourth-order valence-corrected chi connectivity index (χ4v) is 2.45. The van der Waals surface area contributed by atoms with Gasteiger partial charge in [-0.1, -0.05) is 0 Å². The molecule has 0 spiro atoms. The first-order valence-corrected chi connectivity index (χ1v) is 7.64. The van der Waals surface area contributed by atoms with Crippen molar-refractivity contribution in [3.63, 3.8) is 0 Å². The van der Waals surface area contributed by atoms with Gasteiger partial charge in [-0.3, -0.25) is 5.10 Å². The number of phenols is 2. The van der Waals surface area contributed by atoms with Gasteiger partial charge < -0.3 is 15.3 Å². The SMILES string of the molecule is Cc1c(C)c(O)c(CCC(C)(C)O)c(C=Cc2ccn[nH]2)c1O. The van der Waals surface area contributed by atoms with Crippen LogP contribution in [0.2, 0.25) is 0 Å². The zero-order valence-electron chi connectivity index (χ0n) is 14.0. The second kappa shape index (κ2) is 6.46. The van der Waals surface area contributed by atoms with E-state index in [0.29, 0.717) is 35.1 Å². The van der Waals surface area contributed by atoms with Gasteiger partial charge in [-0.05, 0) is 69.9 Å². The summed E-state index contributed by atoms with van der Waals surface area (Å²) < 4.78 is 0. The molecule has 0 amide bonds. The number of hydrogen-bond donors (Lipinski definition) is 4. The highest BCUT2D eigenvalue weighted by Gasteiger charge is 2.20. The van der Waals surface area contributed by atoms with E-state index < -0.39 is 5.60 Å². The Hall–Kier alpha value is -2.27. The minimum atomic E-state index is -0.842. The highest BCUT2D eigenvalue weighted by Crippen LogP contribution is 2.39. The fourth-order valence-electron chi connectivity index (χ4n) is 2.45. The third-order valence-electron chi connectivity index (χ3n) is 4.08. The molecule has 1 aromatic heterocycles. The van der Waals surface area contributed by atoms with E-state index in [9.17, 15) is 15.3 Å². The molecule has 0 saturated heterocycles. The van der Waals surface area contributed by atoms with Crippen LogP contribution in [0.15, 0.2) is 12.3 Å². The first-order valence-electron chi connectivity index (χ1n) is 7.64. The molecule has 4 N–H and O–H groups in total. The summed E-state index contributed by atoms with van der Waals surface area (Å²) in [4.78, 5) is 0. The largest absolute Gasteiger partial charge is 0.507 e. The Morgan fingerprint density at radius 2 is 1.78 bits per heavy atom. The van der Waals surface area contributed by atoms with Gasteiger partial charge in [0.1, 0.15) is 11.5 Å². The third kappa shape index (κ3) is 3.93. The first-order chi connectivity index (χ1) is 10.7. The molecule has 1 aromatic carbocycles.